The van der Waals surface area contributed by atoms with Crippen LogP contribution in [0.1, 0.15) is 77.0 Å². The molecule has 1 spiro atoms. The lowest BCUT2D eigenvalue weighted by atomic mass is 9.81. The van der Waals surface area contributed by atoms with E-state index in [2.05, 4.69) is 35.9 Å². The molecule has 1 saturated carbocycles. The highest BCUT2D eigenvalue weighted by atomic mass is 35.5. The van der Waals surface area contributed by atoms with Crippen molar-refractivity contribution in [2.45, 2.75) is 89.0 Å². The third kappa shape index (κ3) is 5.74. The van der Waals surface area contributed by atoms with E-state index in [9.17, 15) is 4.79 Å². The van der Waals surface area contributed by atoms with Crippen LogP contribution in [0.4, 0.5) is 4.39 Å². The second-order valence-corrected chi connectivity index (χ2v) is 16.0. The highest BCUT2D eigenvalue weighted by Crippen LogP contribution is 2.56. The second-order valence-electron chi connectivity index (χ2n) is 14.1. The highest BCUT2D eigenvalue weighted by molar-refractivity contribution is 8.18. The number of amides is 1. The number of likely N-dealkylation sites (tertiary alicyclic amines) is 1. The standard InChI is InChI=1S/C36H42Cl2FN5O2S/c1-5-25-7-6-17-43(25)29(33(46)42-18-16-40-36(20-42)14-15-36)30(45)31-28(21(2)3)44-32(22-8-13-26(38)27(39)19-22)35(4,41-34(44)47-31)23-9-11-24(37)12-10-23/h8-13,19,21,25,29,32,40H,5-7,14-18,20H2,1-4H3/t25-,29?,32-,35+/m1/s1. The number of thioether (sulfide) groups is 1. The smallest absolute Gasteiger partial charge is 0.248 e. The van der Waals surface area contributed by atoms with Gasteiger partial charge >= 0.3 is 0 Å². The van der Waals surface area contributed by atoms with E-state index in [0.29, 0.717) is 33.7 Å². The first-order valence-electron chi connectivity index (χ1n) is 16.8. The largest absolute Gasteiger partial charge is 0.338 e. The molecule has 0 bridgehead atoms. The molecule has 4 aliphatic heterocycles. The van der Waals surface area contributed by atoms with Gasteiger partial charge in [0.25, 0.3) is 0 Å². The van der Waals surface area contributed by atoms with Gasteiger partial charge < -0.3 is 15.1 Å². The van der Waals surface area contributed by atoms with Crippen molar-refractivity contribution in [1.29, 1.82) is 0 Å². The fourth-order valence-electron chi connectivity index (χ4n) is 8.09. The maximum Gasteiger partial charge on any atom is 0.248 e. The number of nitrogens with zero attached hydrogens (tertiary/aromatic N) is 4. The summed E-state index contributed by atoms with van der Waals surface area (Å²) in [6.07, 6.45) is 4.94. The molecule has 0 radical (unpaired) electrons. The number of benzene rings is 2. The van der Waals surface area contributed by atoms with E-state index in [4.69, 9.17) is 28.2 Å². The minimum Gasteiger partial charge on any atom is -0.338 e. The SMILES string of the molecule is CC[C@@H]1CCCN1C(C(=O)C1=C(C(C)C)N2C(=N[C@@](C)(c3ccc(Cl)cc3)[C@H]2c2ccc(Cl)c(F)c2)S1)C(=O)N1CCNC2(CC2)C1. The van der Waals surface area contributed by atoms with Gasteiger partial charge in [0.05, 0.1) is 16.0 Å². The number of nitrogens with one attached hydrogen (secondary N) is 1. The molecule has 5 aliphatic rings. The second kappa shape index (κ2) is 12.5. The van der Waals surface area contributed by atoms with Crippen LogP contribution in [-0.4, -0.2) is 75.4 Å². The molecule has 4 atom stereocenters. The van der Waals surface area contributed by atoms with Crippen molar-refractivity contribution in [3.8, 4) is 0 Å². The molecule has 47 heavy (non-hydrogen) atoms. The zero-order valence-electron chi connectivity index (χ0n) is 27.4. The third-order valence-electron chi connectivity index (χ3n) is 10.7. The first-order chi connectivity index (χ1) is 22.5. The van der Waals surface area contributed by atoms with Gasteiger partial charge in [-0.15, -0.1) is 0 Å². The number of hydrogen-bond acceptors (Lipinski definition) is 7. The molecule has 7 nitrogen and oxygen atoms in total. The fourth-order valence-corrected chi connectivity index (χ4v) is 9.71. The van der Waals surface area contributed by atoms with Crippen molar-refractivity contribution < 1.29 is 14.0 Å². The average molecular weight is 699 g/mol. The molecular weight excluding hydrogens is 656 g/mol. The molecule has 1 N–H and O–H groups in total. The summed E-state index contributed by atoms with van der Waals surface area (Å²) in [4.78, 5) is 41.7. The summed E-state index contributed by atoms with van der Waals surface area (Å²) < 4.78 is 15.1. The molecule has 1 unspecified atom stereocenters. The topological polar surface area (TPSA) is 68.2 Å². The fraction of sp³-hybridized carbons (Fsp3) is 0.528. The van der Waals surface area contributed by atoms with Gasteiger partial charge in [-0.05, 0) is 98.6 Å². The molecule has 250 valence electrons. The van der Waals surface area contributed by atoms with E-state index in [1.54, 1.807) is 6.07 Å². The summed E-state index contributed by atoms with van der Waals surface area (Å²) in [7, 11) is 0. The first-order valence-corrected chi connectivity index (χ1v) is 18.4. The van der Waals surface area contributed by atoms with Crippen LogP contribution in [0.15, 0.2) is 58.1 Å². The van der Waals surface area contributed by atoms with Crippen molar-refractivity contribution in [3.05, 3.63) is 80.1 Å². The number of fused-ring (bicyclic) bond motifs is 1. The first kappa shape index (κ1) is 33.1. The van der Waals surface area contributed by atoms with Crippen LogP contribution in [0, 0.1) is 11.7 Å². The number of Topliss-reactive ketones (excluding diaryl/α,β-unsaturated/α-hetero) is 1. The van der Waals surface area contributed by atoms with Crippen LogP contribution >= 0.6 is 35.0 Å². The molecular formula is C36H42Cl2FN5O2S. The minimum atomic E-state index is -0.887. The van der Waals surface area contributed by atoms with Crippen LogP contribution in [0.5, 0.6) is 0 Å². The molecule has 0 aromatic heterocycles. The number of hydrogen-bond donors (Lipinski definition) is 1. The Labute approximate surface area is 290 Å². The van der Waals surface area contributed by atoms with Crippen LogP contribution < -0.4 is 5.32 Å². The van der Waals surface area contributed by atoms with E-state index >= 15 is 9.18 Å². The van der Waals surface area contributed by atoms with Gasteiger partial charge in [0, 0.05) is 41.9 Å². The highest BCUT2D eigenvalue weighted by Gasteiger charge is 2.55. The Morgan fingerprint density at radius 1 is 1.13 bits per heavy atom. The predicted octanol–water partition coefficient (Wildman–Crippen LogP) is 7.15. The van der Waals surface area contributed by atoms with E-state index < -0.39 is 23.4 Å². The number of piperazine rings is 1. The zero-order valence-corrected chi connectivity index (χ0v) is 29.7. The quantitative estimate of drug-likeness (QED) is 0.296. The summed E-state index contributed by atoms with van der Waals surface area (Å²) in [6.45, 7) is 11.0. The maximum absolute atomic E-state index is 15.1. The lowest BCUT2D eigenvalue weighted by molar-refractivity contribution is -0.143. The van der Waals surface area contributed by atoms with Gasteiger partial charge in [0.15, 0.2) is 17.0 Å². The van der Waals surface area contributed by atoms with E-state index in [1.807, 2.05) is 42.2 Å². The van der Waals surface area contributed by atoms with Gasteiger partial charge in [0.2, 0.25) is 5.91 Å². The average Bonchev–Trinajstić information content (AvgIpc) is 3.35. The third-order valence-corrected chi connectivity index (χ3v) is 12.4. The molecule has 3 fully saturated rings. The number of allylic oxidation sites excluding steroid dienone is 1. The van der Waals surface area contributed by atoms with Crippen molar-refractivity contribution in [1.82, 2.24) is 20.0 Å². The van der Waals surface area contributed by atoms with E-state index in [1.165, 1.54) is 17.8 Å². The van der Waals surface area contributed by atoms with Gasteiger partial charge in [-0.3, -0.25) is 14.5 Å². The number of carbonyl (C=O) groups is 2. The normalized spacial score (nSPS) is 27.5. The monoisotopic (exact) mass is 697 g/mol. The Kier molecular flexibility index (Phi) is 8.78. The molecule has 1 amide bonds. The lowest BCUT2D eigenvalue weighted by Gasteiger charge is -2.39. The van der Waals surface area contributed by atoms with Crippen molar-refractivity contribution in [2.75, 3.05) is 26.2 Å². The van der Waals surface area contributed by atoms with Crippen LogP contribution in [0.25, 0.3) is 0 Å². The summed E-state index contributed by atoms with van der Waals surface area (Å²) >= 11 is 13.8. The Balaban J connectivity index is 1.32. The Hall–Kier alpha value is -2.43. The maximum atomic E-state index is 15.1. The zero-order chi connectivity index (χ0) is 33.2. The number of carbonyl (C=O) groups excluding carboxylic acids is 2. The number of halogens is 3. The summed E-state index contributed by atoms with van der Waals surface area (Å²) in [5, 5.41) is 4.93. The molecule has 2 saturated heterocycles. The van der Waals surface area contributed by atoms with Gasteiger partial charge in [-0.25, -0.2) is 9.38 Å². The summed E-state index contributed by atoms with van der Waals surface area (Å²) in [5.74, 6) is -0.829. The van der Waals surface area contributed by atoms with Crippen molar-refractivity contribution in [2.24, 2.45) is 10.9 Å². The minimum absolute atomic E-state index is 0.00576. The molecule has 4 heterocycles. The van der Waals surface area contributed by atoms with Gasteiger partial charge in [-0.1, -0.05) is 62.2 Å². The number of amidine groups is 1. The molecule has 7 rings (SSSR count). The van der Waals surface area contributed by atoms with E-state index in [-0.39, 0.29) is 34.2 Å². The number of aliphatic imine (C=N–C) groups is 1. The Morgan fingerprint density at radius 2 is 1.87 bits per heavy atom. The van der Waals surface area contributed by atoms with Crippen molar-refractivity contribution >= 4 is 51.8 Å². The van der Waals surface area contributed by atoms with Crippen LogP contribution in [0.3, 0.4) is 0 Å². The number of rotatable bonds is 8. The molecule has 11 heteroatoms. The van der Waals surface area contributed by atoms with E-state index in [0.717, 1.165) is 56.5 Å². The summed E-state index contributed by atoms with van der Waals surface area (Å²) in [5.41, 5.74) is 1.62. The van der Waals surface area contributed by atoms with Crippen LogP contribution in [-0.2, 0) is 15.1 Å². The predicted molar refractivity (Wildman–Crippen MR) is 187 cm³/mol. The van der Waals surface area contributed by atoms with Gasteiger partial charge in [-0.2, -0.15) is 0 Å². The van der Waals surface area contributed by atoms with Crippen LogP contribution in [0.2, 0.25) is 10.0 Å². The lowest BCUT2D eigenvalue weighted by Crippen LogP contribution is -2.60. The summed E-state index contributed by atoms with van der Waals surface area (Å²) in [6, 6.07) is 11.3. The molecule has 1 aliphatic carbocycles. The van der Waals surface area contributed by atoms with Crippen molar-refractivity contribution in [3.63, 3.8) is 0 Å². The Bertz CT molecular complexity index is 1660. The number of ketones is 1. The Morgan fingerprint density at radius 3 is 2.53 bits per heavy atom. The van der Waals surface area contributed by atoms with Gasteiger partial charge in [0.1, 0.15) is 11.4 Å². The molecule has 2 aromatic carbocycles. The molecule has 2 aromatic rings.